The van der Waals surface area contributed by atoms with Gasteiger partial charge in [-0.3, -0.25) is 19.1 Å². The van der Waals surface area contributed by atoms with E-state index in [0.29, 0.717) is 27.4 Å². The highest BCUT2D eigenvalue weighted by Crippen LogP contribution is 2.41. The summed E-state index contributed by atoms with van der Waals surface area (Å²) in [6.45, 7) is 2.35. The van der Waals surface area contributed by atoms with Crippen LogP contribution in [0.15, 0.2) is 34.8 Å². The molecule has 2 atom stereocenters. The number of nitrogens with zero attached hydrogens (tertiary/aromatic N) is 4. The summed E-state index contributed by atoms with van der Waals surface area (Å²) in [6, 6.07) is 6.85. The number of oxime groups is 1. The van der Waals surface area contributed by atoms with Crippen molar-refractivity contribution in [2.24, 2.45) is 17.0 Å². The van der Waals surface area contributed by atoms with Crippen LogP contribution in [0.25, 0.3) is 10.9 Å². The molecule has 0 bridgehead atoms. The van der Waals surface area contributed by atoms with E-state index >= 15 is 0 Å². The van der Waals surface area contributed by atoms with E-state index in [2.05, 4.69) is 14.4 Å². The molecule has 2 fully saturated rings. The van der Waals surface area contributed by atoms with Crippen molar-refractivity contribution in [1.82, 2.24) is 15.0 Å². The first kappa shape index (κ1) is 34.0. The van der Waals surface area contributed by atoms with Gasteiger partial charge in [-0.05, 0) is 56.9 Å². The third kappa shape index (κ3) is 7.78. The lowest BCUT2D eigenvalue weighted by Crippen LogP contribution is -2.68. The molecule has 6 N–H and O–H groups in total. The monoisotopic (exact) mass is 690 g/mol. The van der Waals surface area contributed by atoms with Crippen LogP contribution in [0.5, 0.6) is 5.75 Å². The number of nitrogens with two attached hydrogens (primary N) is 2. The number of ether oxygens (including phenoxy) is 1. The number of amides is 1. The van der Waals surface area contributed by atoms with Gasteiger partial charge < -0.3 is 26.1 Å². The lowest BCUT2D eigenvalue weighted by atomic mass is 9.74. The van der Waals surface area contributed by atoms with Crippen molar-refractivity contribution in [3.8, 4) is 5.75 Å². The molecule has 1 saturated carbocycles. The predicted molar refractivity (Wildman–Crippen MR) is 170 cm³/mol. The number of pyridine rings is 1. The van der Waals surface area contributed by atoms with Crippen LogP contribution in [0.1, 0.15) is 57.3 Å². The number of hydrogen-bond donors (Lipinski definition) is 4. The number of benzene rings is 1. The molecule has 1 amide bonds. The first-order valence-electron chi connectivity index (χ1n) is 14.7. The molecule has 2 aliphatic rings. The molecule has 0 unspecified atom stereocenters. The second-order valence-electron chi connectivity index (χ2n) is 11.9. The summed E-state index contributed by atoms with van der Waals surface area (Å²) < 4.78 is 41.2. The number of aliphatic carboxylic acids is 1. The molecule has 3 aromatic rings. The summed E-state index contributed by atoms with van der Waals surface area (Å²) in [5.41, 5.74) is 12.4. The Labute approximate surface area is 273 Å². The topological polar surface area (TPSA) is 247 Å². The van der Waals surface area contributed by atoms with Gasteiger partial charge in [-0.15, -0.1) is 15.6 Å². The van der Waals surface area contributed by atoms with Crippen molar-refractivity contribution in [2.45, 2.75) is 64.0 Å². The molecular weight excluding hydrogens is 656 g/mol. The minimum atomic E-state index is -4.99. The Kier molecular flexibility index (Phi) is 9.67. The van der Waals surface area contributed by atoms with Gasteiger partial charge in [-0.2, -0.15) is 13.5 Å². The van der Waals surface area contributed by atoms with Gasteiger partial charge in [0.2, 0.25) is 0 Å². The van der Waals surface area contributed by atoms with E-state index in [1.54, 1.807) is 18.2 Å². The fourth-order valence-electron chi connectivity index (χ4n) is 5.36. The Balaban J connectivity index is 1.27. The van der Waals surface area contributed by atoms with Crippen LogP contribution in [0.3, 0.4) is 0 Å². The number of carboxylic acid groups (broad SMARTS) is 1. The van der Waals surface area contributed by atoms with Crippen molar-refractivity contribution in [3.05, 3.63) is 41.0 Å². The highest BCUT2D eigenvalue weighted by molar-refractivity contribution is 7.80. The summed E-state index contributed by atoms with van der Waals surface area (Å²) in [4.78, 5) is 52.0. The van der Waals surface area contributed by atoms with Crippen LogP contribution in [0.4, 0.5) is 10.8 Å². The van der Waals surface area contributed by atoms with Crippen molar-refractivity contribution in [3.63, 3.8) is 0 Å². The Hall–Kier alpha value is -4.39. The molecule has 1 aliphatic carbocycles. The Morgan fingerprint density at radius 2 is 1.96 bits per heavy atom. The van der Waals surface area contributed by atoms with Gasteiger partial charge in [0.25, 0.3) is 12.0 Å². The van der Waals surface area contributed by atoms with Crippen LogP contribution >= 0.6 is 11.3 Å². The Bertz CT molecular complexity index is 1840. The number of hydrogen-bond acceptors (Lipinski definition) is 14. The highest BCUT2D eigenvalue weighted by Gasteiger charge is 2.57. The van der Waals surface area contributed by atoms with E-state index in [1.807, 2.05) is 6.07 Å². The molecule has 1 aliphatic heterocycles. The van der Waals surface area contributed by atoms with Gasteiger partial charge in [0.15, 0.2) is 16.6 Å². The highest BCUT2D eigenvalue weighted by atomic mass is 32.3. The van der Waals surface area contributed by atoms with Crippen molar-refractivity contribution in [1.29, 1.82) is 0 Å². The summed E-state index contributed by atoms with van der Waals surface area (Å²) in [5, 5.41) is 16.2. The number of carbonyl (C=O) groups is 3. The van der Waals surface area contributed by atoms with E-state index < -0.39 is 64.4 Å². The zero-order valence-electron chi connectivity index (χ0n) is 25.5. The number of anilines is 2. The number of thiazole rings is 1. The second-order valence-corrected chi connectivity index (χ2v) is 13.8. The number of nitrogen functional groups attached to an aromatic ring is 2. The Morgan fingerprint density at radius 1 is 1.21 bits per heavy atom. The van der Waals surface area contributed by atoms with Gasteiger partial charge in [-0.25, -0.2) is 9.78 Å². The average Bonchev–Trinajstić information content (AvgIpc) is 3.40. The molecule has 0 radical (unpaired) electrons. The van der Waals surface area contributed by atoms with Crippen LogP contribution in [-0.4, -0.2) is 74.7 Å². The number of Topliss-reactive ketones (excluding diaryl/α,β-unsaturated/α-hetero) is 1. The molecule has 16 nitrogen and oxygen atoms in total. The minimum absolute atomic E-state index is 0.0252. The SMILES string of the molecule is CC1(C)[C@H](CC(=O)/C(=N\O[C@@H](COc2ccc3nc(CCC4CCC4)cc(N)c3c2)C(=O)O)c2csc(N)n2)C(=O)N1OS(=O)(=O)O. The number of aryl methyl sites for hydroxylation is 1. The zero-order chi connectivity index (χ0) is 34.1. The number of aromatic nitrogens is 2. The third-order valence-electron chi connectivity index (χ3n) is 8.31. The van der Waals surface area contributed by atoms with Crippen LogP contribution in [0, 0.1) is 11.8 Å². The van der Waals surface area contributed by atoms with E-state index in [9.17, 15) is 27.9 Å². The summed E-state index contributed by atoms with van der Waals surface area (Å²) >= 11 is 0.986. The van der Waals surface area contributed by atoms with Crippen LogP contribution < -0.4 is 16.2 Å². The fourth-order valence-corrected chi connectivity index (χ4v) is 6.36. The van der Waals surface area contributed by atoms with Gasteiger partial charge >= 0.3 is 16.4 Å². The van der Waals surface area contributed by atoms with Crippen molar-refractivity contribution in [2.75, 3.05) is 18.1 Å². The maximum Gasteiger partial charge on any atom is 0.418 e. The molecule has 1 aromatic carbocycles. The quantitative estimate of drug-likeness (QED) is 0.0775. The first-order chi connectivity index (χ1) is 22.1. The summed E-state index contributed by atoms with van der Waals surface area (Å²) in [6.07, 6.45) is 3.53. The number of fused-ring (bicyclic) bond motifs is 1. The zero-order valence-corrected chi connectivity index (χ0v) is 27.1. The normalized spacial score (nSPS) is 18.8. The fraction of sp³-hybridized carbons (Fsp3) is 0.448. The van der Waals surface area contributed by atoms with Gasteiger partial charge in [-0.1, -0.05) is 24.4 Å². The molecule has 1 saturated heterocycles. The van der Waals surface area contributed by atoms with E-state index in [1.165, 1.54) is 38.5 Å². The molecule has 252 valence electrons. The average molecular weight is 691 g/mol. The van der Waals surface area contributed by atoms with Crippen LogP contribution in [0.2, 0.25) is 0 Å². The first-order valence-corrected chi connectivity index (χ1v) is 16.9. The maximum absolute atomic E-state index is 13.4. The lowest BCUT2D eigenvalue weighted by Gasteiger charge is -2.50. The predicted octanol–water partition coefficient (Wildman–Crippen LogP) is 2.77. The molecule has 5 rings (SSSR count). The van der Waals surface area contributed by atoms with Crippen molar-refractivity contribution >= 4 is 66.8 Å². The molecule has 2 aromatic heterocycles. The van der Waals surface area contributed by atoms with Crippen LogP contribution in [-0.2, 0) is 40.3 Å². The number of carboxylic acids is 1. The smallest absolute Gasteiger partial charge is 0.418 e. The molecule has 3 heterocycles. The standard InChI is InChI=1S/C29H34N6O10S2/c1-29(2)19(26(37)35(29)45-47(40,41)42)12-23(36)25(22-14-46-28(31)33-22)34-44-24(27(38)39)13-43-17-8-9-21-18(11-17)20(30)10-16(32-21)7-6-15-4-3-5-15/h8-11,14-15,19,24H,3-7,12-13H2,1-2H3,(H2,30,32)(H2,31,33)(H,38,39)(H,40,41,42)/b34-25-/t19-,24+/m1/s1. The molecule has 0 spiro atoms. The van der Waals surface area contributed by atoms with Gasteiger partial charge in [0.1, 0.15) is 18.1 Å². The van der Waals surface area contributed by atoms with E-state index in [-0.39, 0.29) is 10.8 Å². The molecule has 18 heteroatoms. The second kappa shape index (κ2) is 13.4. The molecule has 47 heavy (non-hydrogen) atoms. The summed E-state index contributed by atoms with van der Waals surface area (Å²) in [7, 11) is -4.99. The number of hydroxylamine groups is 2. The van der Waals surface area contributed by atoms with Crippen molar-refractivity contribution < 1.29 is 46.3 Å². The summed E-state index contributed by atoms with van der Waals surface area (Å²) in [5.74, 6) is -3.13. The Morgan fingerprint density at radius 3 is 2.55 bits per heavy atom. The van der Waals surface area contributed by atoms with Gasteiger partial charge in [0.05, 0.1) is 17.0 Å². The maximum atomic E-state index is 13.4. The van der Waals surface area contributed by atoms with E-state index in [0.717, 1.165) is 35.8 Å². The number of carbonyl (C=O) groups excluding carboxylic acids is 2. The largest absolute Gasteiger partial charge is 0.489 e. The third-order valence-corrected chi connectivity index (χ3v) is 9.32. The number of rotatable bonds is 15. The lowest BCUT2D eigenvalue weighted by molar-refractivity contribution is -0.228. The minimum Gasteiger partial charge on any atom is -0.489 e. The number of β-lactam (4-membered cyclic amide) rings is 1. The molecular formula is C29H34N6O10S2. The van der Waals surface area contributed by atoms with E-state index in [4.69, 9.17) is 30.6 Å². The number of ketones is 1. The van der Waals surface area contributed by atoms with Gasteiger partial charge in [0, 0.05) is 28.6 Å².